The van der Waals surface area contributed by atoms with Crippen LogP contribution in [0, 0.1) is 0 Å². The summed E-state index contributed by atoms with van der Waals surface area (Å²) in [6.07, 6.45) is 3.21. The quantitative estimate of drug-likeness (QED) is 0.615. The minimum absolute atomic E-state index is 0.171. The Balaban J connectivity index is -0.000000238. The number of rotatable bonds is 4. The SMILES string of the molecule is CC.CC.COC=O.OC(CBr)CC1CCCN1. The Labute approximate surface area is 121 Å². The van der Waals surface area contributed by atoms with Crippen molar-refractivity contribution in [3.8, 4) is 0 Å². The Morgan fingerprint density at radius 3 is 2.22 bits per heavy atom. The number of ether oxygens (including phenoxy) is 1. The molecule has 18 heavy (non-hydrogen) atoms. The Kier molecular flexibility index (Phi) is 28.2. The van der Waals surface area contributed by atoms with E-state index in [9.17, 15) is 5.11 Å². The molecule has 1 heterocycles. The highest BCUT2D eigenvalue weighted by molar-refractivity contribution is 9.09. The summed E-state index contributed by atoms with van der Waals surface area (Å²) in [5.74, 6) is 0. The minimum atomic E-state index is -0.171. The van der Waals surface area contributed by atoms with Gasteiger partial charge < -0.3 is 15.2 Å². The van der Waals surface area contributed by atoms with Crippen molar-refractivity contribution >= 4 is 22.4 Å². The van der Waals surface area contributed by atoms with Crippen LogP contribution in [0.2, 0.25) is 0 Å². The second-order valence-electron chi connectivity index (χ2n) is 3.17. The molecule has 2 unspecified atom stereocenters. The third-order valence-corrected chi connectivity index (χ3v) is 2.74. The highest BCUT2D eigenvalue weighted by atomic mass is 79.9. The molecule has 2 N–H and O–H groups in total. The number of nitrogens with one attached hydrogen (secondary N) is 1. The van der Waals surface area contributed by atoms with Crippen molar-refractivity contribution in [1.82, 2.24) is 5.32 Å². The lowest BCUT2D eigenvalue weighted by Crippen LogP contribution is -2.27. The molecule has 1 fully saturated rings. The molecule has 5 heteroatoms. The third-order valence-electron chi connectivity index (χ3n) is 1.99. The lowest BCUT2D eigenvalue weighted by atomic mass is 10.1. The standard InChI is InChI=1S/C7H14BrNO.C2H4O2.2C2H6/c8-5-7(10)4-6-2-1-3-9-6;1-4-2-3;2*1-2/h6-7,9-10H,1-5H2;2H,1H3;2*1-2H3. The zero-order chi connectivity index (χ0) is 14.8. The van der Waals surface area contributed by atoms with Gasteiger partial charge in [-0.25, -0.2) is 0 Å². The molecule has 1 saturated heterocycles. The smallest absolute Gasteiger partial charge is 0.292 e. The van der Waals surface area contributed by atoms with E-state index in [4.69, 9.17) is 4.79 Å². The van der Waals surface area contributed by atoms with Gasteiger partial charge in [-0.3, -0.25) is 4.79 Å². The Hall–Kier alpha value is -0.130. The van der Waals surface area contributed by atoms with Gasteiger partial charge in [0, 0.05) is 11.4 Å². The molecular formula is C13H30BrNO3. The molecule has 0 radical (unpaired) electrons. The first-order valence-corrected chi connectivity index (χ1v) is 7.80. The zero-order valence-corrected chi connectivity index (χ0v) is 14.0. The van der Waals surface area contributed by atoms with E-state index in [0.29, 0.717) is 17.8 Å². The van der Waals surface area contributed by atoms with Crippen LogP contribution >= 0.6 is 15.9 Å². The van der Waals surface area contributed by atoms with E-state index in [1.165, 1.54) is 20.0 Å². The predicted octanol–water partition coefficient (Wildman–Crippen LogP) is 2.73. The van der Waals surface area contributed by atoms with Gasteiger partial charge in [0.25, 0.3) is 6.47 Å². The van der Waals surface area contributed by atoms with Crippen LogP contribution < -0.4 is 5.32 Å². The predicted molar refractivity (Wildman–Crippen MR) is 81.2 cm³/mol. The van der Waals surface area contributed by atoms with Crippen molar-refractivity contribution in [2.75, 3.05) is 19.0 Å². The van der Waals surface area contributed by atoms with E-state index in [1.54, 1.807) is 0 Å². The number of hydrogen-bond donors (Lipinski definition) is 2. The monoisotopic (exact) mass is 327 g/mol. The average molecular weight is 328 g/mol. The molecule has 0 saturated carbocycles. The summed E-state index contributed by atoms with van der Waals surface area (Å²) in [5.41, 5.74) is 0. The number of halogens is 1. The van der Waals surface area contributed by atoms with Crippen LogP contribution in [0.25, 0.3) is 0 Å². The number of aliphatic hydroxyl groups excluding tert-OH is 1. The molecule has 112 valence electrons. The first-order valence-electron chi connectivity index (χ1n) is 6.68. The first kappa shape index (κ1) is 23.0. The maximum Gasteiger partial charge on any atom is 0.292 e. The molecule has 1 aliphatic heterocycles. The van der Waals surface area contributed by atoms with Gasteiger partial charge in [0.1, 0.15) is 0 Å². The van der Waals surface area contributed by atoms with Crippen molar-refractivity contribution in [3.63, 3.8) is 0 Å². The van der Waals surface area contributed by atoms with Gasteiger partial charge in [0.15, 0.2) is 0 Å². The first-order chi connectivity index (χ1) is 8.74. The summed E-state index contributed by atoms with van der Waals surface area (Å²) >= 11 is 3.24. The van der Waals surface area contributed by atoms with E-state index in [-0.39, 0.29) is 6.10 Å². The molecule has 0 aromatic rings. The van der Waals surface area contributed by atoms with Crippen LogP contribution in [-0.2, 0) is 9.53 Å². The number of hydrogen-bond acceptors (Lipinski definition) is 4. The van der Waals surface area contributed by atoms with Gasteiger partial charge in [-0.1, -0.05) is 43.6 Å². The molecule has 1 aliphatic rings. The fraction of sp³-hybridized carbons (Fsp3) is 0.923. The fourth-order valence-corrected chi connectivity index (χ4v) is 1.61. The van der Waals surface area contributed by atoms with Crippen LogP contribution in [0.3, 0.4) is 0 Å². The van der Waals surface area contributed by atoms with Crippen LogP contribution in [0.5, 0.6) is 0 Å². The molecule has 0 bridgehead atoms. The van der Waals surface area contributed by atoms with Gasteiger partial charge in [0.05, 0.1) is 13.2 Å². The van der Waals surface area contributed by atoms with Gasteiger partial charge >= 0.3 is 0 Å². The summed E-state index contributed by atoms with van der Waals surface area (Å²) in [6.45, 7) is 9.50. The molecule has 0 aromatic heterocycles. The van der Waals surface area contributed by atoms with E-state index in [0.717, 1.165) is 13.0 Å². The van der Waals surface area contributed by atoms with E-state index in [2.05, 4.69) is 26.0 Å². The molecule has 0 aromatic carbocycles. The normalized spacial score (nSPS) is 17.8. The number of methoxy groups -OCH3 is 1. The molecule has 0 aliphatic carbocycles. The highest BCUT2D eigenvalue weighted by Gasteiger charge is 2.16. The van der Waals surface area contributed by atoms with Gasteiger partial charge in [-0.2, -0.15) is 0 Å². The van der Waals surface area contributed by atoms with Crippen LogP contribution in [0.15, 0.2) is 0 Å². The molecule has 2 atom stereocenters. The summed E-state index contributed by atoms with van der Waals surface area (Å²) in [4.78, 5) is 8.95. The Morgan fingerprint density at radius 1 is 1.44 bits per heavy atom. The third kappa shape index (κ3) is 18.2. The van der Waals surface area contributed by atoms with E-state index >= 15 is 0 Å². The van der Waals surface area contributed by atoms with Crippen LogP contribution in [0.4, 0.5) is 0 Å². The van der Waals surface area contributed by atoms with Gasteiger partial charge in [-0.15, -0.1) is 0 Å². The second-order valence-corrected chi connectivity index (χ2v) is 3.82. The summed E-state index contributed by atoms with van der Waals surface area (Å²) in [5, 5.41) is 13.3. The highest BCUT2D eigenvalue weighted by Crippen LogP contribution is 2.11. The van der Waals surface area contributed by atoms with Gasteiger partial charge in [-0.05, 0) is 25.8 Å². The largest absolute Gasteiger partial charge is 0.471 e. The lowest BCUT2D eigenvalue weighted by molar-refractivity contribution is -0.126. The second kappa shape index (κ2) is 22.1. The number of aliphatic hydroxyl groups is 1. The van der Waals surface area contributed by atoms with Crippen LogP contribution in [0.1, 0.15) is 47.0 Å². The topological polar surface area (TPSA) is 58.6 Å². The maximum atomic E-state index is 9.23. The molecule has 0 spiro atoms. The maximum absolute atomic E-state index is 9.23. The molecule has 1 rings (SSSR count). The zero-order valence-electron chi connectivity index (χ0n) is 12.4. The average Bonchev–Trinajstić information content (AvgIpc) is 2.96. The molecular weight excluding hydrogens is 298 g/mol. The summed E-state index contributed by atoms with van der Waals surface area (Å²) < 4.78 is 3.86. The number of carbonyl (C=O) groups is 1. The van der Waals surface area contributed by atoms with Crippen molar-refractivity contribution in [1.29, 1.82) is 0 Å². The van der Waals surface area contributed by atoms with E-state index < -0.39 is 0 Å². The number of alkyl halides is 1. The van der Waals surface area contributed by atoms with E-state index in [1.807, 2.05) is 27.7 Å². The fourth-order valence-electron chi connectivity index (χ4n) is 1.35. The Morgan fingerprint density at radius 2 is 1.94 bits per heavy atom. The van der Waals surface area contributed by atoms with Gasteiger partial charge in [0.2, 0.25) is 0 Å². The molecule has 0 amide bonds. The van der Waals surface area contributed by atoms with Crippen molar-refractivity contribution in [2.24, 2.45) is 0 Å². The van der Waals surface area contributed by atoms with Crippen LogP contribution in [-0.4, -0.2) is 42.7 Å². The number of carbonyl (C=O) groups excluding carboxylic acids is 1. The van der Waals surface area contributed by atoms with Crippen molar-refractivity contribution in [3.05, 3.63) is 0 Å². The summed E-state index contributed by atoms with van der Waals surface area (Å²) in [6, 6.07) is 0.563. The van der Waals surface area contributed by atoms with Crippen molar-refractivity contribution in [2.45, 2.75) is 59.1 Å². The Bertz CT molecular complexity index is 142. The van der Waals surface area contributed by atoms with Crippen molar-refractivity contribution < 1.29 is 14.6 Å². The lowest BCUT2D eigenvalue weighted by Gasteiger charge is -2.12. The molecule has 4 nitrogen and oxygen atoms in total. The summed E-state index contributed by atoms with van der Waals surface area (Å²) in [7, 11) is 1.31. The minimum Gasteiger partial charge on any atom is -0.471 e.